The summed E-state index contributed by atoms with van der Waals surface area (Å²) in [5, 5.41) is 1.30. The first-order valence-corrected chi connectivity index (χ1v) is 12.2. The van der Waals surface area contributed by atoms with E-state index in [9.17, 15) is 14.4 Å². The molecule has 7 nitrogen and oxygen atoms in total. The predicted octanol–water partition coefficient (Wildman–Crippen LogP) is 4.79. The average Bonchev–Trinajstić information content (AvgIpc) is 2.97. The molecule has 4 rings (SSSR count). The largest absolute Gasteiger partial charge is 0.497 e. The molecule has 3 aromatic rings. The van der Waals surface area contributed by atoms with E-state index in [0.29, 0.717) is 52.6 Å². The molecule has 1 saturated heterocycles. The monoisotopic (exact) mass is 496 g/mol. The smallest absolute Gasteiger partial charge is 0.310 e. The van der Waals surface area contributed by atoms with E-state index in [1.54, 1.807) is 46.9 Å². The third-order valence-corrected chi connectivity index (χ3v) is 6.70. The number of fused-ring (bicyclic) bond motifs is 1. The highest BCUT2D eigenvalue weighted by Gasteiger charge is 2.23. The summed E-state index contributed by atoms with van der Waals surface area (Å²) >= 11 is 5.99. The van der Waals surface area contributed by atoms with E-state index in [2.05, 4.69) is 0 Å². The fraction of sp³-hybridized carbons (Fsp3) is 0.370. The average molecular weight is 497 g/mol. The summed E-state index contributed by atoms with van der Waals surface area (Å²) in [7, 11) is 1.57. The van der Waals surface area contributed by atoms with Gasteiger partial charge in [-0.3, -0.25) is 19.0 Å². The standard InChI is InChI=1S/C27H29ClN2O5/c1-18-22(17-26(32)35-15-14-29-13-5-3-4-6-25(29)31)23-16-21(34-2)11-12-24(23)30(18)27(33)19-7-9-20(28)10-8-19/h7-12,16H,3-6,13-15,17H2,1-2H3. The third-order valence-electron chi connectivity index (χ3n) is 6.45. The Kier molecular flexibility index (Phi) is 7.76. The van der Waals surface area contributed by atoms with Crippen molar-refractivity contribution >= 4 is 40.3 Å². The lowest BCUT2D eigenvalue weighted by molar-refractivity contribution is -0.145. The highest BCUT2D eigenvalue weighted by Crippen LogP contribution is 2.31. The number of halogens is 1. The van der Waals surface area contributed by atoms with E-state index in [4.69, 9.17) is 21.1 Å². The highest BCUT2D eigenvalue weighted by atomic mass is 35.5. The molecule has 0 saturated carbocycles. The molecule has 0 aliphatic carbocycles. The number of nitrogens with zero attached hydrogens (tertiary/aromatic N) is 2. The number of rotatable bonds is 7. The number of ether oxygens (including phenoxy) is 2. The number of carbonyl (C=O) groups is 3. The van der Waals surface area contributed by atoms with E-state index in [0.717, 1.165) is 24.6 Å². The second-order valence-electron chi connectivity index (χ2n) is 8.68. The second kappa shape index (κ2) is 11.0. The van der Waals surface area contributed by atoms with Crippen LogP contribution in [-0.4, -0.2) is 54.1 Å². The fourth-order valence-corrected chi connectivity index (χ4v) is 4.66. The number of aromatic nitrogens is 1. The van der Waals surface area contributed by atoms with Crippen LogP contribution in [0.3, 0.4) is 0 Å². The van der Waals surface area contributed by atoms with Crippen LogP contribution >= 0.6 is 11.6 Å². The fourth-order valence-electron chi connectivity index (χ4n) is 4.54. The molecule has 184 valence electrons. The molecule has 2 aromatic carbocycles. The van der Waals surface area contributed by atoms with Crippen molar-refractivity contribution in [3.05, 3.63) is 64.3 Å². The van der Waals surface area contributed by atoms with Crippen LogP contribution in [0.2, 0.25) is 5.02 Å². The lowest BCUT2D eigenvalue weighted by Gasteiger charge is -2.20. The topological polar surface area (TPSA) is 77.8 Å². The van der Waals surface area contributed by atoms with Crippen molar-refractivity contribution in [2.75, 3.05) is 26.8 Å². The van der Waals surface area contributed by atoms with Gasteiger partial charge < -0.3 is 14.4 Å². The van der Waals surface area contributed by atoms with Crippen molar-refractivity contribution < 1.29 is 23.9 Å². The van der Waals surface area contributed by atoms with Crippen LogP contribution in [0.5, 0.6) is 5.75 Å². The normalized spacial score (nSPS) is 14.1. The first-order valence-electron chi connectivity index (χ1n) is 11.8. The lowest BCUT2D eigenvalue weighted by atomic mass is 10.1. The maximum absolute atomic E-state index is 13.4. The van der Waals surface area contributed by atoms with Crippen LogP contribution in [0.15, 0.2) is 42.5 Å². The number of methoxy groups -OCH3 is 1. The van der Waals surface area contributed by atoms with Gasteiger partial charge in [-0.1, -0.05) is 18.0 Å². The summed E-state index contributed by atoms with van der Waals surface area (Å²) in [4.78, 5) is 40.1. The van der Waals surface area contributed by atoms with Crippen LogP contribution in [0, 0.1) is 6.92 Å². The Morgan fingerprint density at radius 3 is 2.57 bits per heavy atom. The SMILES string of the molecule is COc1ccc2c(c1)c(CC(=O)OCCN1CCCCCC1=O)c(C)n2C(=O)c1ccc(Cl)cc1. The van der Waals surface area contributed by atoms with E-state index in [1.165, 1.54) is 0 Å². The van der Waals surface area contributed by atoms with E-state index in [-0.39, 0.29) is 24.8 Å². The quantitative estimate of drug-likeness (QED) is 0.439. The molecule has 0 radical (unpaired) electrons. The van der Waals surface area contributed by atoms with Crippen LogP contribution in [0.25, 0.3) is 10.9 Å². The second-order valence-corrected chi connectivity index (χ2v) is 9.12. The number of carbonyl (C=O) groups excluding carboxylic acids is 3. The van der Waals surface area contributed by atoms with Crippen LogP contribution < -0.4 is 4.74 Å². The summed E-state index contributed by atoms with van der Waals surface area (Å²) in [6.07, 6.45) is 3.49. The molecule has 0 atom stereocenters. The molecule has 0 unspecified atom stereocenters. The van der Waals surface area contributed by atoms with Gasteiger partial charge in [-0.2, -0.15) is 0 Å². The van der Waals surface area contributed by atoms with Crippen molar-refractivity contribution in [1.82, 2.24) is 9.47 Å². The summed E-state index contributed by atoms with van der Waals surface area (Å²) in [5.74, 6) is 0.123. The van der Waals surface area contributed by atoms with Gasteiger partial charge in [-0.25, -0.2) is 0 Å². The van der Waals surface area contributed by atoms with Crippen molar-refractivity contribution in [1.29, 1.82) is 0 Å². The number of hydrogen-bond acceptors (Lipinski definition) is 5. The Balaban J connectivity index is 1.56. The van der Waals surface area contributed by atoms with Gasteiger partial charge >= 0.3 is 5.97 Å². The number of hydrogen-bond donors (Lipinski definition) is 0. The first kappa shape index (κ1) is 24.8. The highest BCUT2D eigenvalue weighted by molar-refractivity contribution is 6.30. The van der Waals surface area contributed by atoms with Crippen LogP contribution in [-0.2, 0) is 20.7 Å². The van der Waals surface area contributed by atoms with E-state index < -0.39 is 5.97 Å². The number of esters is 1. The molecule has 0 spiro atoms. The minimum atomic E-state index is -0.406. The Morgan fingerprint density at radius 1 is 1.06 bits per heavy atom. The molecular weight excluding hydrogens is 468 g/mol. The molecule has 1 amide bonds. The maximum Gasteiger partial charge on any atom is 0.310 e. The Hall–Kier alpha value is -3.32. The summed E-state index contributed by atoms with van der Waals surface area (Å²) in [6.45, 7) is 3.07. The summed E-state index contributed by atoms with van der Waals surface area (Å²) in [6, 6.07) is 12.1. The zero-order valence-corrected chi connectivity index (χ0v) is 20.8. The molecule has 0 bridgehead atoms. The van der Waals surface area contributed by atoms with E-state index >= 15 is 0 Å². The van der Waals surface area contributed by atoms with Crippen molar-refractivity contribution in [2.45, 2.75) is 39.0 Å². The molecule has 1 aromatic heterocycles. The van der Waals surface area contributed by atoms with Gasteiger partial charge in [0.2, 0.25) is 5.91 Å². The van der Waals surface area contributed by atoms with E-state index in [1.807, 2.05) is 19.1 Å². The summed E-state index contributed by atoms with van der Waals surface area (Å²) < 4.78 is 12.5. The van der Waals surface area contributed by atoms with Gasteiger partial charge in [0, 0.05) is 34.6 Å². The summed E-state index contributed by atoms with van der Waals surface area (Å²) in [5.41, 5.74) is 2.53. The van der Waals surface area contributed by atoms with Gasteiger partial charge in [-0.05, 0) is 67.8 Å². The molecule has 1 aliphatic rings. The first-order chi connectivity index (χ1) is 16.9. The lowest BCUT2D eigenvalue weighted by Crippen LogP contribution is -2.34. The van der Waals surface area contributed by atoms with Crippen molar-refractivity contribution in [3.8, 4) is 5.75 Å². The molecule has 8 heteroatoms. The van der Waals surface area contributed by atoms with Crippen LogP contribution in [0.1, 0.15) is 47.3 Å². The molecule has 0 N–H and O–H groups in total. The zero-order valence-electron chi connectivity index (χ0n) is 20.0. The van der Waals surface area contributed by atoms with Crippen molar-refractivity contribution in [3.63, 3.8) is 0 Å². The maximum atomic E-state index is 13.4. The van der Waals surface area contributed by atoms with Gasteiger partial charge in [0.15, 0.2) is 0 Å². The zero-order chi connectivity index (χ0) is 24.9. The third kappa shape index (κ3) is 5.51. The molecule has 1 fully saturated rings. The number of amides is 1. The Morgan fingerprint density at radius 2 is 1.83 bits per heavy atom. The van der Waals surface area contributed by atoms with Crippen molar-refractivity contribution in [2.24, 2.45) is 0 Å². The Labute approximate surface area is 209 Å². The predicted molar refractivity (Wildman–Crippen MR) is 134 cm³/mol. The van der Waals surface area contributed by atoms with Gasteiger partial charge in [0.1, 0.15) is 12.4 Å². The molecule has 1 aliphatic heterocycles. The van der Waals surface area contributed by atoms with Crippen LogP contribution in [0.4, 0.5) is 0 Å². The van der Waals surface area contributed by atoms with Gasteiger partial charge in [0.25, 0.3) is 5.91 Å². The Bertz CT molecular complexity index is 1250. The molecular formula is C27H29ClN2O5. The minimum Gasteiger partial charge on any atom is -0.497 e. The van der Waals surface area contributed by atoms with Gasteiger partial charge in [-0.15, -0.1) is 0 Å². The molecule has 2 heterocycles. The molecule has 35 heavy (non-hydrogen) atoms. The number of likely N-dealkylation sites (tertiary alicyclic amines) is 1. The number of benzene rings is 2. The van der Waals surface area contributed by atoms with Gasteiger partial charge in [0.05, 0.1) is 25.6 Å². The minimum absolute atomic E-state index is 0.00431.